The first-order valence-electron chi connectivity index (χ1n) is 6.29. The number of para-hydroxylation sites is 1. The van der Waals surface area contributed by atoms with Gasteiger partial charge in [0.05, 0.1) is 9.80 Å². The lowest BCUT2D eigenvalue weighted by Crippen LogP contribution is -2.00. The van der Waals surface area contributed by atoms with Gasteiger partial charge < -0.3 is 4.74 Å². The minimum atomic E-state index is 0.781. The molecular formula is C16H22OS. The third-order valence-corrected chi connectivity index (χ3v) is 3.05. The van der Waals surface area contributed by atoms with Gasteiger partial charge in [0.2, 0.25) is 0 Å². The van der Waals surface area contributed by atoms with E-state index >= 15 is 0 Å². The topological polar surface area (TPSA) is 9.23 Å². The van der Waals surface area contributed by atoms with Crippen molar-refractivity contribution in [3.05, 3.63) is 60.2 Å². The second-order valence-electron chi connectivity index (χ2n) is 2.79. The molecule has 1 heterocycles. The Morgan fingerprint density at radius 1 is 1.00 bits per heavy atom. The fourth-order valence-electron chi connectivity index (χ4n) is 1.24. The van der Waals surface area contributed by atoms with Gasteiger partial charge in [-0.3, -0.25) is 0 Å². The molecule has 0 radical (unpaired) electrons. The van der Waals surface area contributed by atoms with Crippen molar-refractivity contribution in [2.24, 2.45) is 0 Å². The molecule has 0 aliphatic carbocycles. The van der Waals surface area contributed by atoms with Gasteiger partial charge in [-0.2, -0.15) is 0 Å². The van der Waals surface area contributed by atoms with Gasteiger partial charge in [-0.25, -0.2) is 0 Å². The molecule has 1 aromatic rings. The summed E-state index contributed by atoms with van der Waals surface area (Å²) in [7, 11) is 0. The fourth-order valence-corrected chi connectivity index (χ4v) is 2.14. The molecule has 0 saturated heterocycles. The lowest BCUT2D eigenvalue weighted by Gasteiger charge is -2.18. The highest BCUT2D eigenvalue weighted by molar-refractivity contribution is 8.03. The highest BCUT2D eigenvalue weighted by atomic mass is 32.2. The van der Waals surface area contributed by atoms with Gasteiger partial charge in [0, 0.05) is 0 Å². The molecule has 0 fully saturated rings. The minimum absolute atomic E-state index is 0.781. The standard InChI is InChI=1S/C12H10OS.2C2H6/c1-3-9-11(4-2)14-12-8-6-5-7-10(12)13-9;2*1-2/h3-8H,1-2H2;2*1-2H3. The smallest absolute Gasteiger partial charge is 0.141 e. The van der Waals surface area contributed by atoms with Gasteiger partial charge in [0.1, 0.15) is 11.5 Å². The molecule has 0 saturated carbocycles. The molecule has 2 rings (SSSR count). The zero-order valence-corrected chi connectivity index (χ0v) is 12.5. The van der Waals surface area contributed by atoms with Crippen LogP contribution in [0.25, 0.3) is 0 Å². The highest BCUT2D eigenvalue weighted by Gasteiger charge is 2.15. The average Bonchev–Trinajstić information content (AvgIpc) is 2.49. The van der Waals surface area contributed by atoms with Crippen molar-refractivity contribution < 1.29 is 4.74 Å². The van der Waals surface area contributed by atoms with E-state index in [0.717, 1.165) is 21.3 Å². The van der Waals surface area contributed by atoms with Crippen molar-refractivity contribution in [2.45, 2.75) is 32.6 Å². The lowest BCUT2D eigenvalue weighted by atomic mass is 10.3. The van der Waals surface area contributed by atoms with Crippen LogP contribution in [0.1, 0.15) is 27.7 Å². The summed E-state index contributed by atoms with van der Waals surface area (Å²) < 4.78 is 5.65. The Kier molecular flexibility index (Phi) is 8.85. The number of benzene rings is 1. The van der Waals surface area contributed by atoms with Crippen molar-refractivity contribution in [1.29, 1.82) is 0 Å². The van der Waals surface area contributed by atoms with E-state index in [4.69, 9.17) is 4.74 Å². The molecule has 0 atom stereocenters. The van der Waals surface area contributed by atoms with E-state index in [1.807, 2.05) is 52.0 Å². The summed E-state index contributed by atoms with van der Waals surface area (Å²) in [5, 5.41) is 0. The molecule has 0 N–H and O–H groups in total. The largest absolute Gasteiger partial charge is 0.455 e. The first kappa shape index (κ1) is 16.6. The van der Waals surface area contributed by atoms with Crippen molar-refractivity contribution in [3.63, 3.8) is 0 Å². The third kappa shape index (κ3) is 4.11. The van der Waals surface area contributed by atoms with Gasteiger partial charge >= 0.3 is 0 Å². The molecule has 0 unspecified atom stereocenters. The highest BCUT2D eigenvalue weighted by Crippen LogP contribution is 2.41. The zero-order valence-electron chi connectivity index (χ0n) is 11.7. The summed E-state index contributed by atoms with van der Waals surface area (Å²) >= 11 is 1.65. The van der Waals surface area contributed by atoms with Crippen molar-refractivity contribution in [2.75, 3.05) is 0 Å². The third-order valence-electron chi connectivity index (χ3n) is 1.90. The number of hydrogen-bond acceptors (Lipinski definition) is 2. The van der Waals surface area contributed by atoms with Crippen LogP contribution in [0.2, 0.25) is 0 Å². The predicted octanol–water partition coefficient (Wildman–Crippen LogP) is 5.81. The fraction of sp³-hybridized carbons (Fsp3) is 0.250. The molecule has 1 aliphatic heterocycles. The lowest BCUT2D eigenvalue weighted by molar-refractivity contribution is 0.430. The molecule has 98 valence electrons. The maximum atomic E-state index is 5.65. The van der Waals surface area contributed by atoms with Gasteiger partial charge in [-0.1, -0.05) is 70.8 Å². The molecule has 1 aromatic carbocycles. The van der Waals surface area contributed by atoms with E-state index in [1.165, 1.54) is 0 Å². The van der Waals surface area contributed by atoms with Crippen molar-refractivity contribution in [3.8, 4) is 5.75 Å². The average molecular weight is 262 g/mol. The monoisotopic (exact) mass is 262 g/mol. The van der Waals surface area contributed by atoms with Gasteiger partial charge in [0.25, 0.3) is 0 Å². The molecule has 2 heteroatoms. The van der Waals surface area contributed by atoms with Crippen LogP contribution in [-0.4, -0.2) is 0 Å². The zero-order chi connectivity index (χ0) is 14.0. The Bertz CT molecular complexity index is 380. The minimum Gasteiger partial charge on any atom is -0.455 e. The number of rotatable bonds is 2. The molecule has 0 aromatic heterocycles. The summed E-state index contributed by atoms with van der Waals surface area (Å²) in [4.78, 5) is 2.13. The van der Waals surface area contributed by atoms with E-state index in [0.29, 0.717) is 0 Å². The van der Waals surface area contributed by atoms with E-state index in [2.05, 4.69) is 13.2 Å². The second kappa shape index (κ2) is 9.60. The van der Waals surface area contributed by atoms with Crippen LogP contribution in [0.15, 0.2) is 65.1 Å². The Hall–Kier alpha value is -1.41. The summed E-state index contributed by atoms with van der Waals surface area (Å²) in [5.41, 5.74) is 0. The van der Waals surface area contributed by atoms with Crippen LogP contribution in [0.3, 0.4) is 0 Å². The number of thioether (sulfide) groups is 1. The second-order valence-corrected chi connectivity index (χ2v) is 3.87. The van der Waals surface area contributed by atoms with Crippen LogP contribution >= 0.6 is 11.8 Å². The first-order chi connectivity index (χ1) is 8.85. The molecule has 0 amide bonds. The molecule has 1 aliphatic rings. The maximum Gasteiger partial charge on any atom is 0.141 e. The Morgan fingerprint density at radius 3 is 2.17 bits per heavy atom. The van der Waals surface area contributed by atoms with Crippen LogP contribution in [0.4, 0.5) is 0 Å². The molecule has 1 nitrogen and oxygen atoms in total. The summed E-state index contributed by atoms with van der Waals surface area (Å²) in [6.07, 6.45) is 3.50. The normalized spacial score (nSPS) is 11.8. The molecule has 18 heavy (non-hydrogen) atoms. The van der Waals surface area contributed by atoms with Crippen molar-refractivity contribution >= 4 is 11.8 Å². The van der Waals surface area contributed by atoms with Gasteiger partial charge in [0.15, 0.2) is 0 Å². The predicted molar refractivity (Wildman–Crippen MR) is 83.0 cm³/mol. The van der Waals surface area contributed by atoms with Gasteiger partial charge in [-0.05, 0) is 18.2 Å². The quantitative estimate of drug-likeness (QED) is 0.665. The molecular weight excluding hydrogens is 240 g/mol. The van der Waals surface area contributed by atoms with Gasteiger partial charge in [-0.15, -0.1) is 0 Å². The number of fused-ring (bicyclic) bond motifs is 1. The van der Waals surface area contributed by atoms with E-state index in [9.17, 15) is 0 Å². The summed E-state index contributed by atoms with van der Waals surface area (Å²) in [6.45, 7) is 15.5. The summed E-state index contributed by atoms with van der Waals surface area (Å²) in [6, 6.07) is 7.93. The Morgan fingerprint density at radius 2 is 1.61 bits per heavy atom. The number of hydrogen-bond donors (Lipinski definition) is 0. The maximum absolute atomic E-state index is 5.65. The van der Waals surface area contributed by atoms with Crippen LogP contribution in [0.5, 0.6) is 5.75 Å². The Balaban J connectivity index is 0.000000659. The molecule has 0 bridgehead atoms. The summed E-state index contributed by atoms with van der Waals surface area (Å²) in [5.74, 6) is 1.67. The van der Waals surface area contributed by atoms with E-state index in [-0.39, 0.29) is 0 Å². The van der Waals surface area contributed by atoms with Crippen LogP contribution < -0.4 is 4.74 Å². The number of allylic oxidation sites excluding steroid dienone is 2. The first-order valence-corrected chi connectivity index (χ1v) is 7.10. The molecule has 0 spiro atoms. The van der Waals surface area contributed by atoms with Crippen LogP contribution in [-0.2, 0) is 0 Å². The van der Waals surface area contributed by atoms with E-state index in [1.54, 1.807) is 23.9 Å². The van der Waals surface area contributed by atoms with Crippen molar-refractivity contribution in [1.82, 2.24) is 0 Å². The Labute approximate surface area is 115 Å². The SMILES string of the molecule is C=CC1=C(C=C)Sc2ccccc2O1.CC.CC. The van der Waals surface area contributed by atoms with E-state index < -0.39 is 0 Å². The number of ether oxygens (including phenoxy) is 1. The van der Waals surface area contributed by atoms with Crippen LogP contribution in [0, 0.1) is 0 Å².